The zero-order chi connectivity index (χ0) is 14.7. The number of carboxylic acids is 1. The lowest BCUT2D eigenvalue weighted by atomic mass is 10.1. The van der Waals surface area contributed by atoms with E-state index in [1.165, 1.54) is 36.5 Å². The smallest absolute Gasteiger partial charge is 0.337 e. The SMILES string of the molecule is O=C(O)c1cccc(Cl)c1NC(=O)c1ncccc1O. The minimum absolute atomic E-state index is 0.0447. The first-order valence-electron chi connectivity index (χ1n) is 5.48. The van der Waals surface area contributed by atoms with Crippen LogP contribution in [0, 0.1) is 0 Å². The van der Waals surface area contributed by atoms with Gasteiger partial charge in [0.2, 0.25) is 0 Å². The Labute approximate surface area is 118 Å². The number of hydrogen-bond donors (Lipinski definition) is 3. The number of benzene rings is 1. The highest BCUT2D eigenvalue weighted by Gasteiger charge is 2.18. The Morgan fingerprint density at radius 2 is 1.95 bits per heavy atom. The molecule has 102 valence electrons. The van der Waals surface area contributed by atoms with Crippen LogP contribution in [0.15, 0.2) is 36.5 Å². The van der Waals surface area contributed by atoms with Gasteiger partial charge in [-0.25, -0.2) is 9.78 Å². The highest BCUT2D eigenvalue weighted by molar-refractivity contribution is 6.34. The summed E-state index contributed by atoms with van der Waals surface area (Å²) < 4.78 is 0. The molecule has 2 rings (SSSR count). The summed E-state index contributed by atoms with van der Waals surface area (Å²) in [7, 11) is 0. The molecule has 7 heteroatoms. The molecule has 0 atom stereocenters. The third-order valence-electron chi connectivity index (χ3n) is 2.48. The number of anilines is 1. The van der Waals surface area contributed by atoms with E-state index in [0.717, 1.165) is 0 Å². The van der Waals surface area contributed by atoms with E-state index in [1.807, 2.05) is 0 Å². The van der Waals surface area contributed by atoms with Crippen LogP contribution in [0.5, 0.6) is 5.75 Å². The minimum atomic E-state index is -1.23. The number of rotatable bonds is 3. The molecule has 0 aliphatic heterocycles. The van der Waals surface area contributed by atoms with Crippen molar-refractivity contribution < 1.29 is 19.8 Å². The van der Waals surface area contributed by atoms with E-state index in [2.05, 4.69) is 10.3 Å². The van der Waals surface area contributed by atoms with Crippen LogP contribution in [0.1, 0.15) is 20.8 Å². The lowest BCUT2D eigenvalue weighted by molar-refractivity contribution is 0.0698. The number of carbonyl (C=O) groups is 2. The van der Waals surface area contributed by atoms with Crippen LogP contribution in [0.3, 0.4) is 0 Å². The zero-order valence-corrected chi connectivity index (χ0v) is 10.8. The van der Waals surface area contributed by atoms with Crippen LogP contribution in [-0.4, -0.2) is 27.1 Å². The number of amides is 1. The molecule has 0 unspecified atom stereocenters. The molecule has 1 heterocycles. The first-order valence-corrected chi connectivity index (χ1v) is 5.85. The number of pyridine rings is 1. The van der Waals surface area contributed by atoms with Crippen LogP contribution in [0.2, 0.25) is 5.02 Å². The van der Waals surface area contributed by atoms with Gasteiger partial charge in [-0.2, -0.15) is 0 Å². The van der Waals surface area contributed by atoms with Crippen molar-refractivity contribution in [1.29, 1.82) is 0 Å². The lowest BCUT2D eigenvalue weighted by Crippen LogP contribution is -2.16. The van der Waals surface area contributed by atoms with Crippen LogP contribution < -0.4 is 5.32 Å². The first-order chi connectivity index (χ1) is 9.50. The molecule has 0 fully saturated rings. The molecule has 0 saturated heterocycles. The molecule has 0 radical (unpaired) electrons. The van der Waals surface area contributed by atoms with Gasteiger partial charge in [-0.1, -0.05) is 17.7 Å². The van der Waals surface area contributed by atoms with Gasteiger partial charge in [0, 0.05) is 6.20 Å². The van der Waals surface area contributed by atoms with E-state index >= 15 is 0 Å². The standard InChI is InChI=1S/C13H9ClN2O4/c14-8-4-1-3-7(13(19)20)10(8)16-12(18)11-9(17)5-2-6-15-11/h1-6,17H,(H,16,18)(H,19,20). The predicted octanol–water partition coefficient (Wildman–Crippen LogP) is 2.39. The summed E-state index contributed by atoms with van der Waals surface area (Å²) in [4.78, 5) is 26.8. The monoisotopic (exact) mass is 292 g/mol. The number of aromatic hydroxyl groups is 1. The fourth-order valence-electron chi connectivity index (χ4n) is 1.57. The van der Waals surface area contributed by atoms with Crippen LogP contribution in [0.25, 0.3) is 0 Å². The summed E-state index contributed by atoms with van der Waals surface area (Å²) in [6.45, 7) is 0. The van der Waals surface area contributed by atoms with Gasteiger partial charge in [-0.15, -0.1) is 0 Å². The Morgan fingerprint density at radius 1 is 1.20 bits per heavy atom. The number of halogens is 1. The van der Waals surface area contributed by atoms with Gasteiger partial charge in [0.05, 0.1) is 16.3 Å². The average Bonchev–Trinajstić information content (AvgIpc) is 2.41. The van der Waals surface area contributed by atoms with Crippen LogP contribution in [0.4, 0.5) is 5.69 Å². The van der Waals surface area contributed by atoms with Crippen molar-refractivity contribution in [3.63, 3.8) is 0 Å². The molecule has 0 aliphatic carbocycles. The maximum Gasteiger partial charge on any atom is 0.337 e. The molecule has 3 N–H and O–H groups in total. The average molecular weight is 293 g/mol. The fourth-order valence-corrected chi connectivity index (χ4v) is 1.80. The Kier molecular flexibility index (Phi) is 3.86. The Balaban J connectivity index is 2.38. The molecular weight excluding hydrogens is 284 g/mol. The van der Waals surface area contributed by atoms with E-state index in [1.54, 1.807) is 0 Å². The van der Waals surface area contributed by atoms with Crippen molar-refractivity contribution >= 4 is 29.2 Å². The van der Waals surface area contributed by atoms with E-state index in [9.17, 15) is 14.7 Å². The molecule has 1 aromatic heterocycles. The number of hydrogen-bond acceptors (Lipinski definition) is 4. The molecule has 0 saturated carbocycles. The number of nitrogens with one attached hydrogen (secondary N) is 1. The second kappa shape index (κ2) is 5.58. The van der Waals surface area contributed by atoms with Gasteiger partial charge in [0.25, 0.3) is 5.91 Å². The van der Waals surface area contributed by atoms with Gasteiger partial charge < -0.3 is 15.5 Å². The highest BCUT2D eigenvalue weighted by atomic mass is 35.5. The number of nitrogens with zero attached hydrogens (tertiary/aromatic N) is 1. The van der Waals surface area contributed by atoms with E-state index in [0.29, 0.717) is 0 Å². The van der Waals surface area contributed by atoms with Gasteiger partial charge in [0.15, 0.2) is 5.69 Å². The molecule has 1 aromatic carbocycles. The highest BCUT2D eigenvalue weighted by Crippen LogP contribution is 2.27. The van der Waals surface area contributed by atoms with Crippen molar-refractivity contribution in [2.45, 2.75) is 0 Å². The number of carboxylic acid groups (broad SMARTS) is 1. The molecular formula is C13H9ClN2O4. The fraction of sp³-hybridized carbons (Fsp3) is 0. The van der Waals surface area contributed by atoms with Crippen molar-refractivity contribution in [3.8, 4) is 5.75 Å². The van der Waals surface area contributed by atoms with Crippen molar-refractivity contribution in [2.24, 2.45) is 0 Å². The van der Waals surface area contributed by atoms with Crippen molar-refractivity contribution in [1.82, 2.24) is 4.98 Å². The van der Waals surface area contributed by atoms with Crippen molar-refractivity contribution in [2.75, 3.05) is 5.32 Å². The lowest BCUT2D eigenvalue weighted by Gasteiger charge is -2.10. The second-order valence-corrected chi connectivity index (χ2v) is 4.20. The van der Waals surface area contributed by atoms with E-state index in [4.69, 9.17) is 16.7 Å². The summed E-state index contributed by atoms with van der Waals surface area (Å²) >= 11 is 5.88. The third kappa shape index (κ3) is 2.70. The zero-order valence-electron chi connectivity index (χ0n) is 10.0. The van der Waals surface area contributed by atoms with Crippen LogP contribution >= 0.6 is 11.6 Å². The summed E-state index contributed by atoms with van der Waals surface area (Å²) in [5, 5.41) is 21.0. The summed E-state index contributed by atoms with van der Waals surface area (Å²) in [6, 6.07) is 6.97. The van der Waals surface area contributed by atoms with Crippen molar-refractivity contribution in [3.05, 3.63) is 52.8 Å². The van der Waals surface area contributed by atoms with E-state index < -0.39 is 11.9 Å². The Bertz CT molecular complexity index is 688. The van der Waals surface area contributed by atoms with Crippen LogP contribution in [-0.2, 0) is 0 Å². The van der Waals surface area contributed by atoms with Gasteiger partial charge in [-0.3, -0.25) is 4.79 Å². The number of aromatic nitrogens is 1. The third-order valence-corrected chi connectivity index (χ3v) is 2.80. The molecule has 0 spiro atoms. The predicted molar refractivity (Wildman–Crippen MR) is 72.3 cm³/mol. The Morgan fingerprint density at radius 3 is 2.60 bits per heavy atom. The van der Waals surface area contributed by atoms with Gasteiger partial charge in [0.1, 0.15) is 5.75 Å². The number of aromatic carboxylic acids is 1. The maximum absolute atomic E-state index is 12.0. The minimum Gasteiger partial charge on any atom is -0.505 e. The summed E-state index contributed by atoms with van der Waals surface area (Å²) in [6.07, 6.45) is 1.33. The summed E-state index contributed by atoms with van der Waals surface area (Å²) in [5.41, 5.74) is -0.415. The number of para-hydroxylation sites is 1. The van der Waals surface area contributed by atoms with Gasteiger partial charge >= 0.3 is 5.97 Å². The number of carbonyl (C=O) groups excluding carboxylic acids is 1. The summed E-state index contributed by atoms with van der Waals surface area (Å²) in [5.74, 6) is -2.29. The molecule has 1 amide bonds. The topological polar surface area (TPSA) is 99.5 Å². The van der Waals surface area contributed by atoms with Gasteiger partial charge in [-0.05, 0) is 24.3 Å². The normalized spacial score (nSPS) is 10.1. The van der Waals surface area contributed by atoms with E-state index in [-0.39, 0.29) is 27.7 Å². The Hall–Kier alpha value is -2.60. The first kappa shape index (κ1) is 13.8. The largest absolute Gasteiger partial charge is 0.505 e. The molecule has 0 bridgehead atoms. The maximum atomic E-state index is 12.0. The molecule has 20 heavy (non-hydrogen) atoms. The quantitative estimate of drug-likeness (QED) is 0.806. The molecule has 6 nitrogen and oxygen atoms in total. The second-order valence-electron chi connectivity index (χ2n) is 3.79. The molecule has 2 aromatic rings. The molecule has 0 aliphatic rings.